The first-order valence-corrected chi connectivity index (χ1v) is 11.6. The highest BCUT2D eigenvalue weighted by atomic mass is 35.5. The Balaban J connectivity index is 1.36. The summed E-state index contributed by atoms with van der Waals surface area (Å²) in [5.74, 6) is 2.57. The first-order chi connectivity index (χ1) is 14.6. The van der Waals surface area contributed by atoms with Crippen molar-refractivity contribution in [2.45, 2.75) is 36.4 Å². The van der Waals surface area contributed by atoms with Gasteiger partial charge in [-0.25, -0.2) is 0 Å². The zero-order valence-electron chi connectivity index (χ0n) is 17.0. The molecule has 160 valence electrons. The highest BCUT2D eigenvalue weighted by Crippen LogP contribution is 2.36. The smallest absolute Gasteiger partial charge is 0.223 e. The van der Waals surface area contributed by atoms with Crippen LogP contribution in [0.15, 0.2) is 47.4 Å². The number of hydrogen-bond donors (Lipinski definition) is 0. The lowest BCUT2D eigenvalue weighted by atomic mass is 9.98. The monoisotopic (exact) mass is 447 g/mol. The standard InChI is InChI=1S/C23H26ClNO4S/c1-27-20-8-7-16(12-21(20)29-23-6-3-10-28-23)17-13-22(26)25(15-17)9-11-30-19-5-2-4-18(24)14-19/h2,4-5,7-8,12,14,17,23H,3,6,9-11,13,15H2,1H3/t17-,23?/m1/s1. The molecule has 1 unspecified atom stereocenters. The largest absolute Gasteiger partial charge is 0.493 e. The van der Waals surface area contributed by atoms with Gasteiger partial charge in [0.05, 0.1) is 13.7 Å². The normalized spacial score (nSPS) is 21.3. The minimum Gasteiger partial charge on any atom is -0.493 e. The second kappa shape index (κ2) is 9.94. The number of carbonyl (C=O) groups is 1. The molecule has 2 saturated heterocycles. The first kappa shape index (κ1) is 21.3. The molecule has 0 aliphatic carbocycles. The predicted octanol–water partition coefficient (Wildman–Crippen LogP) is 4.97. The summed E-state index contributed by atoms with van der Waals surface area (Å²) < 4.78 is 17.1. The highest BCUT2D eigenvalue weighted by Gasteiger charge is 2.31. The van der Waals surface area contributed by atoms with E-state index >= 15 is 0 Å². The SMILES string of the molecule is COc1ccc([C@@H]2CC(=O)N(CCSc3cccc(Cl)c3)C2)cc1OC1CCCO1. The molecule has 0 saturated carbocycles. The molecule has 1 amide bonds. The maximum absolute atomic E-state index is 12.6. The molecule has 0 bridgehead atoms. The van der Waals surface area contributed by atoms with Gasteiger partial charge in [0.15, 0.2) is 17.8 Å². The van der Waals surface area contributed by atoms with Crippen molar-refractivity contribution in [3.05, 3.63) is 53.1 Å². The molecular formula is C23H26ClNO4S. The van der Waals surface area contributed by atoms with Crippen LogP contribution in [0.1, 0.15) is 30.7 Å². The van der Waals surface area contributed by atoms with Crippen LogP contribution < -0.4 is 9.47 Å². The van der Waals surface area contributed by atoms with E-state index < -0.39 is 0 Å². The fraction of sp³-hybridized carbons (Fsp3) is 0.435. The molecule has 2 fully saturated rings. The van der Waals surface area contributed by atoms with Crippen molar-refractivity contribution in [3.63, 3.8) is 0 Å². The molecule has 0 spiro atoms. The van der Waals surface area contributed by atoms with Crippen LogP contribution in [0.3, 0.4) is 0 Å². The predicted molar refractivity (Wildman–Crippen MR) is 119 cm³/mol. The van der Waals surface area contributed by atoms with Crippen molar-refractivity contribution in [2.75, 3.05) is 32.6 Å². The Hall–Kier alpha value is -1.89. The van der Waals surface area contributed by atoms with Crippen LogP contribution in [0.2, 0.25) is 5.02 Å². The number of nitrogens with zero attached hydrogens (tertiary/aromatic N) is 1. The van der Waals surface area contributed by atoms with E-state index in [1.54, 1.807) is 18.9 Å². The van der Waals surface area contributed by atoms with E-state index in [-0.39, 0.29) is 18.1 Å². The van der Waals surface area contributed by atoms with Crippen molar-refractivity contribution in [3.8, 4) is 11.5 Å². The van der Waals surface area contributed by atoms with Gasteiger partial charge in [-0.1, -0.05) is 23.7 Å². The van der Waals surface area contributed by atoms with Crippen molar-refractivity contribution in [1.29, 1.82) is 0 Å². The van der Waals surface area contributed by atoms with E-state index in [1.807, 2.05) is 47.4 Å². The van der Waals surface area contributed by atoms with E-state index in [2.05, 4.69) is 0 Å². The molecule has 7 heteroatoms. The zero-order valence-corrected chi connectivity index (χ0v) is 18.6. The Labute approximate surface area is 186 Å². The number of halogens is 1. The van der Waals surface area contributed by atoms with Crippen LogP contribution in [0.25, 0.3) is 0 Å². The van der Waals surface area contributed by atoms with E-state index in [9.17, 15) is 4.79 Å². The molecular weight excluding hydrogens is 422 g/mol. The third kappa shape index (κ3) is 5.23. The number of likely N-dealkylation sites (tertiary alicyclic amines) is 1. The topological polar surface area (TPSA) is 48.0 Å². The first-order valence-electron chi connectivity index (χ1n) is 10.2. The number of methoxy groups -OCH3 is 1. The molecule has 2 heterocycles. The van der Waals surface area contributed by atoms with Crippen LogP contribution in [0.4, 0.5) is 0 Å². The van der Waals surface area contributed by atoms with Crippen LogP contribution in [-0.2, 0) is 9.53 Å². The molecule has 5 nitrogen and oxygen atoms in total. The molecule has 2 aromatic carbocycles. The summed E-state index contributed by atoms with van der Waals surface area (Å²) in [5, 5.41) is 0.734. The van der Waals surface area contributed by atoms with Crippen LogP contribution >= 0.6 is 23.4 Å². The molecule has 0 radical (unpaired) electrons. The van der Waals surface area contributed by atoms with E-state index in [0.717, 1.165) is 53.8 Å². The number of benzene rings is 2. The lowest BCUT2D eigenvalue weighted by molar-refractivity contribution is -0.127. The zero-order chi connectivity index (χ0) is 20.9. The number of ether oxygens (including phenoxy) is 3. The number of hydrogen-bond acceptors (Lipinski definition) is 5. The summed E-state index contributed by atoms with van der Waals surface area (Å²) in [6.07, 6.45) is 2.19. The lowest BCUT2D eigenvalue weighted by Gasteiger charge is -2.19. The number of thioether (sulfide) groups is 1. The number of amides is 1. The van der Waals surface area contributed by atoms with Crippen molar-refractivity contribution in [2.24, 2.45) is 0 Å². The van der Waals surface area contributed by atoms with Gasteiger partial charge in [-0.3, -0.25) is 4.79 Å². The van der Waals surface area contributed by atoms with Crippen molar-refractivity contribution >= 4 is 29.3 Å². The molecule has 0 N–H and O–H groups in total. The summed E-state index contributed by atoms with van der Waals surface area (Å²) in [4.78, 5) is 15.6. The second-order valence-corrected chi connectivity index (χ2v) is 9.12. The van der Waals surface area contributed by atoms with Crippen LogP contribution in [-0.4, -0.2) is 49.7 Å². The van der Waals surface area contributed by atoms with Gasteiger partial charge in [-0.2, -0.15) is 0 Å². The van der Waals surface area contributed by atoms with Gasteiger partial charge in [0.1, 0.15) is 0 Å². The maximum atomic E-state index is 12.6. The summed E-state index contributed by atoms with van der Waals surface area (Å²) in [5.41, 5.74) is 1.10. The Morgan fingerprint density at radius 2 is 2.13 bits per heavy atom. The minimum atomic E-state index is -0.223. The summed E-state index contributed by atoms with van der Waals surface area (Å²) in [7, 11) is 1.63. The highest BCUT2D eigenvalue weighted by molar-refractivity contribution is 7.99. The molecule has 2 aromatic rings. The van der Waals surface area contributed by atoms with Gasteiger partial charge < -0.3 is 19.1 Å². The van der Waals surface area contributed by atoms with E-state index in [0.29, 0.717) is 17.9 Å². The average molecular weight is 448 g/mol. The number of rotatable bonds is 8. The van der Waals surface area contributed by atoms with Gasteiger partial charge in [0.2, 0.25) is 5.91 Å². The average Bonchev–Trinajstić information content (AvgIpc) is 3.38. The van der Waals surface area contributed by atoms with Gasteiger partial charge in [0, 0.05) is 47.5 Å². The fourth-order valence-electron chi connectivity index (χ4n) is 3.86. The van der Waals surface area contributed by atoms with Gasteiger partial charge in [-0.05, 0) is 42.3 Å². The quantitative estimate of drug-likeness (QED) is 0.534. The fourth-order valence-corrected chi connectivity index (χ4v) is 5.05. The Morgan fingerprint density at radius 3 is 2.90 bits per heavy atom. The van der Waals surface area contributed by atoms with Crippen molar-refractivity contribution < 1.29 is 19.0 Å². The maximum Gasteiger partial charge on any atom is 0.223 e. The Bertz CT molecular complexity index is 887. The summed E-state index contributed by atoms with van der Waals surface area (Å²) in [6.45, 7) is 2.18. The van der Waals surface area contributed by atoms with Crippen LogP contribution in [0, 0.1) is 0 Å². The van der Waals surface area contributed by atoms with E-state index in [1.165, 1.54) is 0 Å². The van der Waals surface area contributed by atoms with Crippen molar-refractivity contribution in [1.82, 2.24) is 4.90 Å². The van der Waals surface area contributed by atoms with Crippen LogP contribution in [0.5, 0.6) is 11.5 Å². The van der Waals surface area contributed by atoms with E-state index in [4.69, 9.17) is 25.8 Å². The van der Waals surface area contributed by atoms with Gasteiger partial charge in [0.25, 0.3) is 0 Å². The van der Waals surface area contributed by atoms with Gasteiger partial charge >= 0.3 is 0 Å². The second-order valence-electron chi connectivity index (χ2n) is 7.52. The molecule has 2 atom stereocenters. The van der Waals surface area contributed by atoms with Gasteiger partial charge in [-0.15, -0.1) is 11.8 Å². The number of carbonyl (C=O) groups excluding carboxylic acids is 1. The summed E-state index contributed by atoms with van der Waals surface area (Å²) >= 11 is 7.76. The molecule has 4 rings (SSSR count). The third-order valence-corrected chi connectivity index (χ3v) is 6.65. The lowest BCUT2D eigenvalue weighted by Crippen LogP contribution is -2.27. The Kier molecular flexibility index (Phi) is 7.08. The molecule has 2 aliphatic heterocycles. The molecule has 30 heavy (non-hydrogen) atoms. The third-order valence-electron chi connectivity index (χ3n) is 5.45. The molecule has 2 aliphatic rings. The summed E-state index contributed by atoms with van der Waals surface area (Å²) in [6, 6.07) is 13.8. The minimum absolute atomic E-state index is 0.159. The Morgan fingerprint density at radius 1 is 1.23 bits per heavy atom. The molecule has 0 aromatic heterocycles.